The summed E-state index contributed by atoms with van der Waals surface area (Å²) in [6.07, 6.45) is 0.568. The molecule has 4 rings (SSSR count). The summed E-state index contributed by atoms with van der Waals surface area (Å²) in [5.41, 5.74) is 1.37. The molecule has 36 heavy (non-hydrogen) atoms. The summed E-state index contributed by atoms with van der Waals surface area (Å²) in [6, 6.07) is 15.8. The quantitative estimate of drug-likeness (QED) is 0.557. The number of hydrogen-bond acceptors (Lipinski definition) is 5. The first-order chi connectivity index (χ1) is 16.6. The molecule has 2 saturated heterocycles. The topological polar surface area (TPSA) is 68.2 Å². The first-order valence-electron chi connectivity index (χ1n) is 12.9. The van der Waals surface area contributed by atoms with E-state index in [4.69, 9.17) is 14.0 Å². The van der Waals surface area contributed by atoms with Crippen LogP contribution in [-0.4, -0.2) is 46.6 Å². The fraction of sp³-hybridized carbons (Fsp3) is 0.552. The third-order valence-corrected chi connectivity index (χ3v) is 8.03. The van der Waals surface area contributed by atoms with Gasteiger partial charge in [0.2, 0.25) is 0 Å². The molecule has 0 radical (unpaired) electrons. The highest BCUT2D eigenvalue weighted by molar-refractivity contribution is 6.62. The molecule has 2 atom stereocenters. The summed E-state index contributed by atoms with van der Waals surface area (Å²) >= 11 is 0. The number of hydrogen-bond donors (Lipinski definition) is 1. The fourth-order valence-corrected chi connectivity index (χ4v) is 5.35. The average molecular weight is 493 g/mol. The van der Waals surface area contributed by atoms with Crippen molar-refractivity contribution in [2.24, 2.45) is 0 Å². The monoisotopic (exact) mass is 493 g/mol. The number of carbonyl (C=O) groups is 1. The number of rotatable bonds is 6. The van der Waals surface area contributed by atoms with Gasteiger partial charge in [0.15, 0.2) is 0 Å². The molecule has 0 spiro atoms. The lowest BCUT2D eigenvalue weighted by Crippen LogP contribution is -2.51. The van der Waals surface area contributed by atoms with Crippen LogP contribution in [-0.2, 0) is 19.6 Å². The van der Waals surface area contributed by atoms with Gasteiger partial charge in [0.05, 0.1) is 22.8 Å². The van der Waals surface area contributed by atoms with E-state index in [9.17, 15) is 9.90 Å². The summed E-state index contributed by atoms with van der Waals surface area (Å²) < 4.78 is 18.6. The molecule has 2 aromatic carbocycles. The van der Waals surface area contributed by atoms with Crippen LogP contribution in [0.15, 0.2) is 48.5 Å². The lowest BCUT2D eigenvalue weighted by Gasteiger charge is -2.45. The second-order valence-electron chi connectivity index (χ2n) is 12.0. The summed E-state index contributed by atoms with van der Waals surface area (Å²) in [5.74, 6) is 0. The summed E-state index contributed by atoms with van der Waals surface area (Å²) in [7, 11) is -0.425. The van der Waals surface area contributed by atoms with Crippen molar-refractivity contribution in [3.63, 3.8) is 0 Å². The van der Waals surface area contributed by atoms with Crippen molar-refractivity contribution in [1.82, 2.24) is 4.90 Å². The molecule has 2 unspecified atom stereocenters. The second-order valence-corrected chi connectivity index (χ2v) is 12.0. The fourth-order valence-electron chi connectivity index (χ4n) is 5.35. The molecule has 2 aromatic rings. The van der Waals surface area contributed by atoms with Gasteiger partial charge < -0.3 is 24.1 Å². The number of benzene rings is 2. The van der Waals surface area contributed by atoms with E-state index in [0.717, 1.165) is 22.2 Å². The first kappa shape index (κ1) is 26.7. The van der Waals surface area contributed by atoms with E-state index in [0.29, 0.717) is 19.4 Å². The molecule has 2 aliphatic rings. The van der Waals surface area contributed by atoms with E-state index in [-0.39, 0.29) is 12.1 Å². The van der Waals surface area contributed by atoms with Gasteiger partial charge in [-0.2, -0.15) is 0 Å². The van der Waals surface area contributed by atoms with Gasteiger partial charge in [-0.05, 0) is 77.5 Å². The Labute approximate surface area is 216 Å². The minimum atomic E-state index is -0.982. The molecular weight excluding hydrogens is 453 g/mol. The summed E-state index contributed by atoms with van der Waals surface area (Å²) in [6.45, 7) is 16.3. The lowest BCUT2D eigenvalue weighted by molar-refractivity contribution is -0.101. The molecular formula is C29H40BNO5. The molecule has 2 fully saturated rings. The Kier molecular flexibility index (Phi) is 6.82. The third kappa shape index (κ3) is 5.06. The van der Waals surface area contributed by atoms with Crippen LogP contribution >= 0.6 is 0 Å². The molecule has 0 bridgehead atoms. The number of aryl methyl sites for hydroxylation is 1. The molecule has 6 nitrogen and oxygen atoms in total. The van der Waals surface area contributed by atoms with E-state index in [1.165, 1.54) is 0 Å². The van der Waals surface area contributed by atoms with Crippen LogP contribution in [0.1, 0.15) is 84.0 Å². The molecule has 7 heteroatoms. The van der Waals surface area contributed by atoms with Gasteiger partial charge in [-0.25, -0.2) is 4.79 Å². The van der Waals surface area contributed by atoms with Gasteiger partial charge in [-0.3, -0.25) is 0 Å². The number of cyclic esters (lactones) is 1. The normalized spacial score (nSPS) is 24.5. The zero-order valence-corrected chi connectivity index (χ0v) is 22.9. The Morgan fingerprint density at radius 1 is 1.06 bits per heavy atom. The summed E-state index contributed by atoms with van der Waals surface area (Å²) in [5, 5.41) is 10.6. The number of nitrogens with zero attached hydrogens (tertiary/aromatic N) is 1. The van der Waals surface area contributed by atoms with Crippen LogP contribution in [0.2, 0.25) is 0 Å². The predicted molar refractivity (Wildman–Crippen MR) is 142 cm³/mol. The molecule has 0 saturated carbocycles. The maximum atomic E-state index is 13.4. The van der Waals surface area contributed by atoms with Gasteiger partial charge in [0.1, 0.15) is 5.60 Å². The van der Waals surface area contributed by atoms with Crippen LogP contribution in [0.4, 0.5) is 4.79 Å². The van der Waals surface area contributed by atoms with Crippen LogP contribution in [0.5, 0.6) is 0 Å². The van der Waals surface area contributed by atoms with E-state index in [1.807, 2.05) is 71.0 Å². The minimum Gasteiger partial charge on any atom is -0.438 e. The van der Waals surface area contributed by atoms with Crippen molar-refractivity contribution in [3.05, 3.63) is 65.2 Å². The van der Waals surface area contributed by atoms with Gasteiger partial charge in [0.25, 0.3) is 0 Å². The zero-order chi connectivity index (χ0) is 26.5. The van der Waals surface area contributed by atoms with Crippen molar-refractivity contribution < 1.29 is 23.9 Å². The predicted octanol–water partition coefficient (Wildman–Crippen LogP) is 5.25. The number of ether oxygens (including phenoxy) is 1. The van der Waals surface area contributed by atoms with E-state index >= 15 is 0 Å². The number of carbonyl (C=O) groups excluding carboxylic acids is 1. The van der Waals surface area contributed by atoms with Crippen molar-refractivity contribution in [1.29, 1.82) is 0 Å². The Balaban J connectivity index is 1.54. The summed E-state index contributed by atoms with van der Waals surface area (Å²) in [4.78, 5) is 15.2. The standard InChI is InChI=1S/C29H40BNO5/c1-20-18-23(30-35-27(5,6)28(7,8)36-30)14-15-24(20)21(2)31-17-16-29(34-25(31)32,19-26(3,4)33)22-12-10-9-11-13-22/h9-15,18,21,33H,16-17,19H2,1-8H3. The van der Waals surface area contributed by atoms with Gasteiger partial charge in [-0.1, -0.05) is 48.5 Å². The Morgan fingerprint density at radius 3 is 2.19 bits per heavy atom. The molecule has 1 N–H and O–H groups in total. The maximum absolute atomic E-state index is 13.4. The van der Waals surface area contributed by atoms with Crippen molar-refractivity contribution in [2.75, 3.05) is 6.54 Å². The molecule has 0 aliphatic carbocycles. The molecule has 1 amide bonds. The van der Waals surface area contributed by atoms with Crippen LogP contribution < -0.4 is 5.46 Å². The SMILES string of the molecule is Cc1cc(B2OC(C)(C)C(C)(C)O2)ccc1C(C)N1CCC(CC(C)(C)O)(c2ccccc2)OC1=O. The highest BCUT2D eigenvalue weighted by Crippen LogP contribution is 2.42. The van der Waals surface area contributed by atoms with E-state index in [1.54, 1.807) is 18.7 Å². The zero-order valence-electron chi connectivity index (χ0n) is 22.9. The van der Waals surface area contributed by atoms with Gasteiger partial charge in [0, 0.05) is 19.4 Å². The molecule has 2 heterocycles. The molecule has 194 valence electrons. The van der Waals surface area contributed by atoms with E-state index < -0.39 is 29.5 Å². The van der Waals surface area contributed by atoms with Crippen LogP contribution in [0.25, 0.3) is 0 Å². The largest absolute Gasteiger partial charge is 0.494 e. The van der Waals surface area contributed by atoms with Crippen molar-refractivity contribution in [3.8, 4) is 0 Å². The Hall–Kier alpha value is -2.35. The number of amides is 1. The highest BCUT2D eigenvalue weighted by Gasteiger charge is 2.52. The maximum Gasteiger partial charge on any atom is 0.494 e. The Bertz CT molecular complexity index is 1090. The lowest BCUT2D eigenvalue weighted by atomic mass is 9.77. The van der Waals surface area contributed by atoms with Crippen LogP contribution in [0, 0.1) is 6.92 Å². The highest BCUT2D eigenvalue weighted by atomic mass is 16.7. The van der Waals surface area contributed by atoms with Crippen molar-refractivity contribution in [2.45, 2.75) is 96.7 Å². The Morgan fingerprint density at radius 2 is 1.67 bits per heavy atom. The van der Waals surface area contributed by atoms with Gasteiger partial charge in [-0.15, -0.1) is 0 Å². The van der Waals surface area contributed by atoms with Crippen molar-refractivity contribution >= 4 is 18.7 Å². The van der Waals surface area contributed by atoms with E-state index in [2.05, 4.69) is 19.1 Å². The second kappa shape index (κ2) is 9.19. The first-order valence-corrected chi connectivity index (χ1v) is 12.9. The average Bonchev–Trinajstić information content (AvgIpc) is 3.00. The minimum absolute atomic E-state index is 0.166. The molecule has 2 aliphatic heterocycles. The smallest absolute Gasteiger partial charge is 0.438 e. The number of aliphatic hydroxyl groups is 1. The van der Waals surface area contributed by atoms with Crippen LogP contribution in [0.3, 0.4) is 0 Å². The third-order valence-electron chi connectivity index (χ3n) is 8.03. The molecule has 0 aromatic heterocycles. The van der Waals surface area contributed by atoms with Gasteiger partial charge >= 0.3 is 13.2 Å².